The predicted molar refractivity (Wildman–Crippen MR) is 282 cm³/mol. The van der Waals surface area contributed by atoms with Gasteiger partial charge in [-0.1, -0.05) is 248 Å². The van der Waals surface area contributed by atoms with Crippen LogP contribution in [0.25, 0.3) is 0 Å². The van der Waals surface area contributed by atoms with Crippen molar-refractivity contribution in [3.05, 3.63) is 86.5 Å². The van der Waals surface area contributed by atoms with Gasteiger partial charge < -0.3 is 0 Å². The van der Waals surface area contributed by atoms with Gasteiger partial charge in [-0.3, -0.25) is 0 Å². The van der Waals surface area contributed by atoms with Crippen LogP contribution in [0.4, 0.5) is 0 Å². The van der Waals surface area contributed by atoms with Crippen LogP contribution >= 0.6 is 24.6 Å². The van der Waals surface area contributed by atoms with Crippen LogP contribution in [0.3, 0.4) is 0 Å². The molecule has 1 aliphatic rings. The van der Waals surface area contributed by atoms with Crippen molar-refractivity contribution in [1.29, 1.82) is 0 Å². The minimum Gasteiger partial charge on any atom is -0.0577 e. The van der Waals surface area contributed by atoms with Gasteiger partial charge in [0.15, 0.2) is 0 Å². The minimum absolute atomic E-state index is 0.00199. The second-order valence-corrected chi connectivity index (χ2v) is 30.7. The van der Waals surface area contributed by atoms with Gasteiger partial charge in [-0.15, -0.1) is 0 Å². The molecule has 0 N–H and O–H groups in total. The molecule has 330 valence electrons. The largest absolute Gasteiger partial charge is 0.0577 e. The SMILES string of the molecule is CC(C)(C)c1cc(C(C)(C)C)c(P=C2C(=Pc3c(C(C)(C)C)cc(C(C)(C)C)cc3C(C)(C)C)C2=Pc2c(C(C)(C)C)cc(C(C)(C)C)cc2C(C)(C)C)c(C(C)(C)C)c1. The summed E-state index contributed by atoms with van der Waals surface area (Å²) in [6.07, 6.45) is 0. The van der Waals surface area contributed by atoms with Crippen molar-refractivity contribution in [2.24, 2.45) is 0 Å². The lowest BCUT2D eigenvalue weighted by molar-refractivity contribution is 0.553. The molecule has 0 amide bonds. The standard InChI is InChI=1S/C57H87P3/c1-49(2,3)34-28-37(52(10,11)12)43(38(29-34)53(13,14)15)58-46-47(59-44-39(54(16,17)18)30-35(50(4,5)6)31-40(44)55(19,20)21)48(46)60-45-41(56(22,23)24)32-36(51(7,8)9)33-42(45)57(25,26)27/h28-33H,1-27H3. The van der Waals surface area contributed by atoms with Crippen LogP contribution in [0.2, 0.25) is 0 Å². The third-order valence-electron chi connectivity index (χ3n) is 12.1. The summed E-state index contributed by atoms with van der Waals surface area (Å²) in [6, 6.07) is 15.4. The van der Waals surface area contributed by atoms with Crippen molar-refractivity contribution in [3.8, 4) is 0 Å². The Morgan fingerprint density at radius 3 is 0.450 bits per heavy atom. The van der Waals surface area contributed by atoms with E-state index in [4.69, 9.17) is 0 Å². The topological polar surface area (TPSA) is 0 Å². The van der Waals surface area contributed by atoms with E-state index in [2.05, 4.69) is 223 Å². The van der Waals surface area contributed by atoms with E-state index in [9.17, 15) is 0 Å². The van der Waals surface area contributed by atoms with Gasteiger partial charge in [0, 0.05) is 31.8 Å². The highest BCUT2D eigenvalue weighted by atomic mass is 31.1. The maximum atomic E-state index is 2.57. The molecule has 0 nitrogen and oxygen atoms in total. The highest BCUT2D eigenvalue weighted by Crippen LogP contribution is 2.43. The van der Waals surface area contributed by atoms with Crippen molar-refractivity contribution in [1.82, 2.24) is 0 Å². The van der Waals surface area contributed by atoms with E-state index in [0.717, 1.165) is 0 Å². The van der Waals surface area contributed by atoms with Crippen LogP contribution in [0, 0.1) is 0 Å². The molecule has 3 aromatic rings. The van der Waals surface area contributed by atoms with Gasteiger partial charge >= 0.3 is 0 Å². The summed E-state index contributed by atoms with van der Waals surface area (Å²) in [4.78, 5) is 0. The molecule has 60 heavy (non-hydrogen) atoms. The Morgan fingerprint density at radius 2 is 0.350 bits per heavy atom. The molecule has 1 saturated carbocycles. The highest BCUT2D eigenvalue weighted by molar-refractivity contribution is 7.83. The summed E-state index contributed by atoms with van der Waals surface area (Å²) in [5.41, 5.74) is 13.5. The van der Waals surface area contributed by atoms with E-state index in [-0.39, 0.29) is 48.7 Å². The van der Waals surface area contributed by atoms with Gasteiger partial charge in [-0.2, -0.15) is 0 Å². The van der Waals surface area contributed by atoms with Crippen LogP contribution in [0.5, 0.6) is 0 Å². The smallest absolute Gasteiger partial charge is 0.0281 e. The Labute approximate surface area is 376 Å². The van der Waals surface area contributed by atoms with Crippen LogP contribution in [0.1, 0.15) is 237 Å². The summed E-state index contributed by atoms with van der Waals surface area (Å²) < 4.78 is 0. The molecule has 1 aliphatic carbocycles. The minimum atomic E-state index is -0.00199. The molecule has 3 aromatic carbocycles. The molecule has 0 radical (unpaired) electrons. The van der Waals surface area contributed by atoms with E-state index in [0.29, 0.717) is 0 Å². The first kappa shape index (κ1) is 50.8. The van der Waals surface area contributed by atoms with Crippen molar-refractivity contribution < 1.29 is 0 Å². The van der Waals surface area contributed by atoms with Crippen LogP contribution in [-0.4, -0.2) is 15.9 Å². The van der Waals surface area contributed by atoms with Crippen molar-refractivity contribution in [2.75, 3.05) is 0 Å². The molecule has 0 saturated heterocycles. The van der Waals surface area contributed by atoms with Crippen molar-refractivity contribution in [2.45, 2.75) is 236 Å². The Kier molecular flexibility index (Phi) is 13.6. The Hall–Kier alpha value is -1.83. The Bertz CT molecular complexity index is 1850. The van der Waals surface area contributed by atoms with Gasteiger partial charge in [0.2, 0.25) is 0 Å². The maximum absolute atomic E-state index is 2.57. The lowest BCUT2D eigenvalue weighted by atomic mass is 9.75. The average Bonchev–Trinajstić information content (AvgIpc) is 3.64. The first-order chi connectivity index (χ1) is 26.4. The molecule has 0 unspecified atom stereocenters. The molecule has 1 fully saturated rings. The first-order valence-electron chi connectivity index (χ1n) is 22.8. The number of hydrogen-bond acceptors (Lipinski definition) is 0. The van der Waals surface area contributed by atoms with Gasteiger partial charge in [-0.05, 0) is 98.8 Å². The van der Waals surface area contributed by atoms with Crippen molar-refractivity contribution >= 4 is 56.4 Å². The van der Waals surface area contributed by atoms with Crippen molar-refractivity contribution in [3.63, 3.8) is 0 Å². The van der Waals surface area contributed by atoms with Crippen LogP contribution in [-0.2, 0) is 48.7 Å². The molecule has 0 heterocycles. The van der Waals surface area contributed by atoms with Gasteiger partial charge in [0.1, 0.15) is 0 Å². The summed E-state index contributed by atoms with van der Waals surface area (Å²) in [5.74, 6) is 0. The zero-order valence-electron chi connectivity index (χ0n) is 43.8. The zero-order valence-corrected chi connectivity index (χ0v) is 46.5. The number of hydrogen-bond donors (Lipinski definition) is 0. The number of rotatable bonds is 3. The second kappa shape index (κ2) is 16.0. The van der Waals surface area contributed by atoms with Gasteiger partial charge in [-0.25, -0.2) is 0 Å². The highest BCUT2D eigenvalue weighted by Gasteiger charge is 2.39. The van der Waals surface area contributed by atoms with Gasteiger partial charge in [0.05, 0.1) is 0 Å². The molecule has 0 aliphatic heterocycles. The molecule has 3 heteroatoms. The van der Waals surface area contributed by atoms with E-state index in [1.54, 1.807) is 15.9 Å². The molecule has 0 spiro atoms. The third-order valence-corrected chi connectivity index (χ3v) is 16.7. The fraction of sp³-hybridized carbons (Fsp3) is 0.632. The molecular weight excluding hydrogens is 778 g/mol. The number of benzene rings is 3. The molecule has 0 atom stereocenters. The molecule has 0 bridgehead atoms. The lowest BCUT2D eigenvalue weighted by Crippen LogP contribution is -2.30. The monoisotopic (exact) mass is 865 g/mol. The van der Waals surface area contributed by atoms with E-state index in [1.807, 2.05) is 0 Å². The normalized spacial score (nSPS) is 15.6. The summed E-state index contributed by atoms with van der Waals surface area (Å²) in [6.45, 7) is 65.0. The Balaban J connectivity index is 2.34. The lowest BCUT2D eigenvalue weighted by Gasteiger charge is -2.32. The summed E-state index contributed by atoms with van der Waals surface area (Å²) in [7, 11) is 4.03. The quantitative estimate of drug-likeness (QED) is 0.230. The molecule has 0 aromatic heterocycles. The fourth-order valence-electron chi connectivity index (χ4n) is 7.81. The van der Waals surface area contributed by atoms with Crippen LogP contribution < -0.4 is 15.9 Å². The van der Waals surface area contributed by atoms with Gasteiger partial charge in [0.25, 0.3) is 0 Å². The molecule has 4 rings (SSSR count). The zero-order chi connectivity index (χ0) is 46.5. The summed E-state index contributed by atoms with van der Waals surface area (Å²) >= 11 is 0. The van der Waals surface area contributed by atoms with E-state index < -0.39 is 0 Å². The maximum Gasteiger partial charge on any atom is 0.0281 e. The van der Waals surface area contributed by atoms with E-state index >= 15 is 0 Å². The third kappa shape index (κ3) is 11.5. The summed E-state index contributed by atoms with van der Waals surface area (Å²) in [5, 5.41) is 9.20. The van der Waals surface area contributed by atoms with E-state index in [1.165, 1.54) is 90.6 Å². The molecular formula is C57H87P3. The fourth-order valence-corrected chi connectivity index (χ4v) is 13.9. The Morgan fingerprint density at radius 1 is 0.217 bits per heavy atom. The predicted octanol–water partition coefficient (Wildman–Crippen LogP) is 16.0. The first-order valence-corrected chi connectivity index (χ1v) is 25.5. The second-order valence-electron chi connectivity index (χ2n) is 27.4. The average molecular weight is 865 g/mol. The van der Waals surface area contributed by atoms with Crippen LogP contribution in [0.15, 0.2) is 36.4 Å².